The van der Waals surface area contributed by atoms with Crippen LogP contribution in [-0.4, -0.2) is 23.5 Å². The van der Waals surface area contributed by atoms with Gasteiger partial charge in [0.15, 0.2) is 5.82 Å². The average Bonchev–Trinajstić information content (AvgIpc) is 2.28. The third-order valence-corrected chi connectivity index (χ3v) is 2.27. The van der Waals surface area contributed by atoms with E-state index in [0.717, 1.165) is 19.0 Å². The minimum absolute atomic E-state index is 0.00422. The first-order valence-electron chi connectivity index (χ1n) is 5.29. The number of nitrogens with zero attached hydrogens (tertiary/aromatic N) is 1. The fourth-order valence-corrected chi connectivity index (χ4v) is 1.42. The van der Waals surface area contributed by atoms with Crippen molar-refractivity contribution in [2.24, 2.45) is 5.73 Å². The summed E-state index contributed by atoms with van der Waals surface area (Å²) in [6.45, 7) is 2.36. The first kappa shape index (κ1) is 12.6. The molecule has 1 aromatic rings. The van der Waals surface area contributed by atoms with Gasteiger partial charge in [0.2, 0.25) is 0 Å². The van der Waals surface area contributed by atoms with Gasteiger partial charge in [0, 0.05) is 18.8 Å². The molecule has 0 aliphatic carbocycles. The maximum absolute atomic E-state index is 13.2. The van der Waals surface area contributed by atoms with Crippen molar-refractivity contribution in [1.29, 1.82) is 0 Å². The number of rotatable bonds is 5. The third-order valence-electron chi connectivity index (χ3n) is 2.27. The summed E-state index contributed by atoms with van der Waals surface area (Å²) in [6.07, 6.45) is 4.11. The minimum atomic E-state index is -0.618. The van der Waals surface area contributed by atoms with Gasteiger partial charge in [-0.15, -0.1) is 0 Å². The predicted molar refractivity (Wildman–Crippen MR) is 59.4 cm³/mol. The summed E-state index contributed by atoms with van der Waals surface area (Å²) in [5.41, 5.74) is 5.51. The fourth-order valence-electron chi connectivity index (χ4n) is 1.42. The summed E-state index contributed by atoms with van der Waals surface area (Å²) in [6, 6.07) is 1.24. The fraction of sp³-hybridized carbons (Fsp3) is 0.455. The monoisotopic (exact) mass is 225 g/mol. The lowest BCUT2D eigenvalue weighted by Gasteiger charge is -2.15. The third kappa shape index (κ3) is 3.27. The highest BCUT2D eigenvalue weighted by molar-refractivity contribution is 5.94. The van der Waals surface area contributed by atoms with E-state index in [9.17, 15) is 9.18 Å². The van der Waals surface area contributed by atoms with Crippen molar-refractivity contribution < 1.29 is 9.18 Å². The number of hydrogen-bond acceptors (Lipinski definition) is 3. The second-order valence-electron chi connectivity index (χ2n) is 3.55. The van der Waals surface area contributed by atoms with E-state index in [4.69, 9.17) is 5.73 Å². The molecule has 0 saturated heterocycles. The van der Waals surface area contributed by atoms with Crippen LogP contribution in [0.2, 0.25) is 0 Å². The molecule has 4 nitrogen and oxygen atoms in total. The van der Waals surface area contributed by atoms with E-state index < -0.39 is 11.7 Å². The van der Waals surface area contributed by atoms with Gasteiger partial charge in [0.05, 0.1) is 11.8 Å². The molecule has 0 aliphatic rings. The Morgan fingerprint density at radius 1 is 1.69 bits per heavy atom. The lowest BCUT2D eigenvalue weighted by Crippen LogP contribution is -2.40. The zero-order valence-corrected chi connectivity index (χ0v) is 9.24. The molecule has 1 aromatic heterocycles. The molecule has 0 spiro atoms. The van der Waals surface area contributed by atoms with Crippen molar-refractivity contribution in [3.05, 3.63) is 29.8 Å². The number of amides is 1. The first-order chi connectivity index (χ1) is 7.69. The number of carbonyl (C=O) groups excluding carboxylic acids is 1. The van der Waals surface area contributed by atoms with Crippen LogP contribution in [-0.2, 0) is 0 Å². The zero-order valence-electron chi connectivity index (χ0n) is 9.24. The molecule has 0 fully saturated rings. The Bertz CT molecular complexity index is 357. The Labute approximate surface area is 94.1 Å². The van der Waals surface area contributed by atoms with Crippen molar-refractivity contribution in [3.8, 4) is 0 Å². The average molecular weight is 225 g/mol. The minimum Gasteiger partial charge on any atom is -0.348 e. The molecule has 0 aliphatic heterocycles. The Balaban J connectivity index is 2.68. The Hall–Kier alpha value is -1.49. The van der Waals surface area contributed by atoms with Gasteiger partial charge in [0.25, 0.3) is 5.91 Å². The van der Waals surface area contributed by atoms with Gasteiger partial charge >= 0.3 is 0 Å². The van der Waals surface area contributed by atoms with Crippen LogP contribution in [0.25, 0.3) is 0 Å². The number of pyridine rings is 1. The summed E-state index contributed by atoms with van der Waals surface area (Å²) in [4.78, 5) is 15.3. The molecule has 1 rings (SSSR count). The highest BCUT2D eigenvalue weighted by atomic mass is 19.1. The van der Waals surface area contributed by atoms with E-state index in [-0.39, 0.29) is 11.6 Å². The molecule has 1 heterocycles. The van der Waals surface area contributed by atoms with Crippen LogP contribution < -0.4 is 11.1 Å². The van der Waals surface area contributed by atoms with Gasteiger partial charge in [-0.1, -0.05) is 13.3 Å². The van der Waals surface area contributed by atoms with Crippen LogP contribution in [0, 0.1) is 5.82 Å². The number of hydrogen-bond donors (Lipinski definition) is 2. The number of carbonyl (C=O) groups is 1. The van der Waals surface area contributed by atoms with Crippen LogP contribution in [0.15, 0.2) is 18.5 Å². The molecular formula is C11H16FN3O. The standard InChI is InChI=1S/C11H16FN3O/c1-2-3-8(6-13)15-11(16)9-4-5-14-7-10(9)12/h4-5,7-8H,2-3,6,13H2,1H3,(H,15,16). The normalized spacial score (nSPS) is 12.2. The number of nitrogens with two attached hydrogens (primary N) is 1. The molecule has 0 saturated carbocycles. The zero-order chi connectivity index (χ0) is 12.0. The van der Waals surface area contributed by atoms with E-state index in [1.54, 1.807) is 0 Å². The summed E-state index contributed by atoms with van der Waals surface area (Å²) in [7, 11) is 0. The van der Waals surface area contributed by atoms with Gasteiger partial charge in [-0.25, -0.2) is 4.39 Å². The Morgan fingerprint density at radius 2 is 2.44 bits per heavy atom. The van der Waals surface area contributed by atoms with Crippen molar-refractivity contribution in [2.45, 2.75) is 25.8 Å². The second-order valence-corrected chi connectivity index (χ2v) is 3.55. The van der Waals surface area contributed by atoms with E-state index in [2.05, 4.69) is 10.3 Å². The lowest BCUT2D eigenvalue weighted by molar-refractivity contribution is 0.0932. The number of halogens is 1. The summed E-state index contributed by atoms with van der Waals surface area (Å²) >= 11 is 0. The quantitative estimate of drug-likeness (QED) is 0.787. The second kappa shape index (κ2) is 6.17. The molecule has 88 valence electrons. The van der Waals surface area contributed by atoms with Crippen LogP contribution >= 0.6 is 0 Å². The van der Waals surface area contributed by atoms with E-state index in [0.29, 0.717) is 6.54 Å². The molecule has 1 amide bonds. The predicted octanol–water partition coefficient (Wildman–Crippen LogP) is 1.08. The van der Waals surface area contributed by atoms with Crippen molar-refractivity contribution in [3.63, 3.8) is 0 Å². The van der Waals surface area contributed by atoms with Crippen LogP contribution in [0.5, 0.6) is 0 Å². The Kier molecular flexibility index (Phi) is 4.85. The van der Waals surface area contributed by atoms with Gasteiger partial charge < -0.3 is 11.1 Å². The number of nitrogens with one attached hydrogen (secondary N) is 1. The highest BCUT2D eigenvalue weighted by Crippen LogP contribution is 2.05. The van der Waals surface area contributed by atoms with Crippen LogP contribution in [0.1, 0.15) is 30.1 Å². The van der Waals surface area contributed by atoms with E-state index in [1.807, 2.05) is 6.92 Å². The molecule has 3 N–H and O–H groups in total. The molecule has 1 atom stereocenters. The summed E-state index contributed by atoms with van der Waals surface area (Å²) in [5.74, 6) is -1.06. The van der Waals surface area contributed by atoms with Crippen molar-refractivity contribution in [1.82, 2.24) is 10.3 Å². The molecule has 1 unspecified atom stereocenters. The van der Waals surface area contributed by atoms with E-state index >= 15 is 0 Å². The molecule has 0 radical (unpaired) electrons. The molecule has 0 aromatic carbocycles. The van der Waals surface area contributed by atoms with Gasteiger partial charge in [-0.3, -0.25) is 9.78 Å². The maximum atomic E-state index is 13.2. The largest absolute Gasteiger partial charge is 0.348 e. The summed E-state index contributed by atoms with van der Waals surface area (Å²) in [5, 5.41) is 2.69. The molecule has 16 heavy (non-hydrogen) atoms. The van der Waals surface area contributed by atoms with Gasteiger partial charge in [-0.2, -0.15) is 0 Å². The maximum Gasteiger partial charge on any atom is 0.254 e. The highest BCUT2D eigenvalue weighted by Gasteiger charge is 2.14. The van der Waals surface area contributed by atoms with Gasteiger partial charge in [0.1, 0.15) is 0 Å². The SMILES string of the molecule is CCCC(CN)NC(=O)c1ccncc1F. The molecule has 0 bridgehead atoms. The van der Waals surface area contributed by atoms with Gasteiger partial charge in [-0.05, 0) is 12.5 Å². The topological polar surface area (TPSA) is 68.0 Å². The van der Waals surface area contributed by atoms with Crippen molar-refractivity contribution in [2.75, 3.05) is 6.54 Å². The summed E-state index contributed by atoms with van der Waals surface area (Å²) < 4.78 is 13.2. The smallest absolute Gasteiger partial charge is 0.254 e. The lowest BCUT2D eigenvalue weighted by atomic mass is 10.1. The number of aromatic nitrogens is 1. The van der Waals surface area contributed by atoms with E-state index in [1.165, 1.54) is 12.3 Å². The van der Waals surface area contributed by atoms with Crippen LogP contribution in [0.4, 0.5) is 4.39 Å². The Morgan fingerprint density at radius 3 is 3.00 bits per heavy atom. The molecule has 5 heteroatoms. The van der Waals surface area contributed by atoms with Crippen LogP contribution in [0.3, 0.4) is 0 Å². The molecular weight excluding hydrogens is 209 g/mol. The first-order valence-corrected chi connectivity index (χ1v) is 5.29. The van der Waals surface area contributed by atoms with Crippen molar-refractivity contribution >= 4 is 5.91 Å².